The van der Waals surface area contributed by atoms with Crippen LogP contribution in [0.3, 0.4) is 0 Å². The average molecular weight is 150 g/mol. The van der Waals surface area contributed by atoms with Gasteiger partial charge in [0.2, 0.25) is 0 Å². The van der Waals surface area contributed by atoms with Gasteiger partial charge in [-0.3, -0.25) is 0 Å². The quantitative estimate of drug-likeness (QED) is 0.347. The highest BCUT2D eigenvalue weighted by molar-refractivity contribution is 6.85. The van der Waals surface area contributed by atoms with E-state index < -0.39 is 0 Å². The molecule has 0 unspecified atom stereocenters. The molecule has 0 aliphatic heterocycles. The predicted octanol–water partition coefficient (Wildman–Crippen LogP) is -1.60. The van der Waals surface area contributed by atoms with Crippen molar-refractivity contribution in [2.24, 2.45) is 0 Å². The van der Waals surface area contributed by atoms with Crippen LogP contribution in [-0.2, 0) is 9.16 Å². The molecule has 0 fully saturated rings. The highest BCUT2D eigenvalue weighted by Crippen LogP contribution is 1.72. The molecule has 50 valence electrons. The summed E-state index contributed by atoms with van der Waals surface area (Å²) in [7, 11) is 1.21. The first-order chi connectivity index (χ1) is 3.91. The number of ether oxygens (including phenoxy) is 1. The van der Waals surface area contributed by atoms with Crippen LogP contribution in [0.4, 0.5) is 0 Å². The Morgan fingerprint density at radius 1 is 1.50 bits per heavy atom. The highest BCUT2D eigenvalue weighted by Gasteiger charge is 1.81. The lowest BCUT2D eigenvalue weighted by Crippen LogP contribution is -2.06. The van der Waals surface area contributed by atoms with Crippen LogP contribution in [0.25, 0.3) is 0 Å². The number of rotatable bonds is 5. The van der Waals surface area contributed by atoms with Crippen LogP contribution in [0.2, 0.25) is 0 Å². The van der Waals surface area contributed by atoms with Gasteiger partial charge in [0.25, 0.3) is 0 Å². The summed E-state index contributed by atoms with van der Waals surface area (Å²) < 4.78 is 10.3. The molecule has 0 aromatic rings. The first-order valence-corrected chi connectivity index (χ1v) is 9.30. The Labute approximate surface area is 55.7 Å². The van der Waals surface area contributed by atoms with Gasteiger partial charge in [-0.2, -0.15) is 0 Å². The molecule has 0 amide bonds. The second-order valence-electron chi connectivity index (χ2n) is 1.39. The highest BCUT2D eigenvalue weighted by atomic mass is 29.1. The Kier molecular flexibility index (Phi) is 7.68. The molecular weight excluding hydrogens is 136 g/mol. The molecule has 0 N–H and O–H groups in total. The molecule has 8 heavy (non-hydrogen) atoms. The molecule has 0 aliphatic rings. The summed E-state index contributed by atoms with van der Waals surface area (Å²) in [5.74, 6) is 0. The minimum atomic E-state index is -0.0551. The van der Waals surface area contributed by atoms with Gasteiger partial charge in [0.05, 0.1) is 13.2 Å². The minimum Gasteiger partial charge on any atom is -0.426 e. The molecule has 0 spiro atoms. The van der Waals surface area contributed by atoms with E-state index in [4.69, 9.17) is 9.16 Å². The first kappa shape index (κ1) is 8.35. The van der Waals surface area contributed by atoms with Crippen LogP contribution in [0, 0.1) is 0 Å². The summed E-state index contributed by atoms with van der Waals surface area (Å²) in [6, 6.07) is 0. The van der Waals surface area contributed by atoms with Crippen LogP contribution < -0.4 is 0 Å². The molecule has 4 heteroatoms. The van der Waals surface area contributed by atoms with E-state index in [2.05, 4.69) is 0 Å². The van der Waals surface area contributed by atoms with E-state index in [1.165, 1.54) is 9.76 Å². The van der Waals surface area contributed by atoms with Crippen molar-refractivity contribution >= 4 is 19.0 Å². The molecule has 0 saturated carbocycles. The van der Waals surface area contributed by atoms with Crippen LogP contribution >= 0.6 is 0 Å². The van der Waals surface area contributed by atoms with Gasteiger partial charge in [-0.05, 0) is 6.92 Å². The summed E-state index contributed by atoms with van der Waals surface area (Å²) in [5.41, 5.74) is 0. The smallest absolute Gasteiger partial charge is 0.139 e. The van der Waals surface area contributed by atoms with Crippen molar-refractivity contribution in [1.29, 1.82) is 0 Å². The van der Waals surface area contributed by atoms with Gasteiger partial charge in [-0.25, -0.2) is 0 Å². The van der Waals surface area contributed by atoms with Gasteiger partial charge < -0.3 is 9.16 Å². The molecule has 2 nitrogen and oxygen atoms in total. The van der Waals surface area contributed by atoms with E-state index in [1.54, 1.807) is 0 Å². The lowest BCUT2D eigenvalue weighted by atomic mass is 10.8. The third-order valence-electron chi connectivity index (χ3n) is 0.780. The van der Waals surface area contributed by atoms with E-state index in [-0.39, 0.29) is 9.28 Å². The maximum Gasteiger partial charge on any atom is 0.139 e. The van der Waals surface area contributed by atoms with E-state index >= 15 is 0 Å². The summed E-state index contributed by atoms with van der Waals surface area (Å²) in [4.78, 5) is 0. The van der Waals surface area contributed by atoms with Crippen LogP contribution in [0.15, 0.2) is 0 Å². The Bertz CT molecular complexity index is 37.0. The molecule has 0 atom stereocenters. The molecule has 0 radical (unpaired) electrons. The Hall–Kier alpha value is 0.354. The molecule has 0 aliphatic carbocycles. The Morgan fingerprint density at radius 2 is 2.25 bits per heavy atom. The topological polar surface area (TPSA) is 18.5 Å². The van der Waals surface area contributed by atoms with Gasteiger partial charge in [-0.15, -0.1) is 0 Å². The van der Waals surface area contributed by atoms with Gasteiger partial charge in [0.1, 0.15) is 9.28 Å². The van der Waals surface area contributed by atoms with Crippen molar-refractivity contribution in [1.82, 2.24) is 0 Å². The maximum absolute atomic E-state index is 5.21. The van der Waals surface area contributed by atoms with Crippen molar-refractivity contribution in [3.8, 4) is 0 Å². The zero-order chi connectivity index (χ0) is 6.24. The van der Waals surface area contributed by atoms with E-state index in [1.807, 2.05) is 6.92 Å². The third kappa shape index (κ3) is 6.35. The Morgan fingerprint density at radius 3 is 2.75 bits per heavy atom. The van der Waals surface area contributed by atoms with Gasteiger partial charge in [0.15, 0.2) is 0 Å². The zero-order valence-corrected chi connectivity index (χ0v) is 9.06. The fourth-order valence-corrected chi connectivity index (χ4v) is 1.68. The van der Waals surface area contributed by atoms with Crippen molar-refractivity contribution in [2.75, 3.05) is 19.8 Å². The van der Waals surface area contributed by atoms with E-state index in [0.717, 1.165) is 19.8 Å². The van der Waals surface area contributed by atoms with Gasteiger partial charge in [-0.1, -0.05) is 0 Å². The predicted molar refractivity (Wildman–Crippen MR) is 40.9 cm³/mol. The largest absolute Gasteiger partial charge is 0.426 e. The van der Waals surface area contributed by atoms with Crippen molar-refractivity contribution in [3.63, 3.8) is 0 Å². The Balaban J connectivity index is 2.53. The summed E-state index contributed by atoms with van der Waals surface area (Å²) in [5, 5.41) is 0. The van der Waals surface area contributed by atoms with E-state index in [0.29, 0.717) is 0 Å². The fourth-order valence-electron chi connectivity index (χ4n) is 0.407. The molecular formula is C4H14O2Si2. The van der Waals surface area contributed by atoms with Crippen molar-refractivity contribution in [2.45, 2.75) is 6.92 Å². The SMILES string of the molecule is CCOCCO[SiH2][SiH3]. The zero-order valence-electron chi connectivity index (χ0n) is 5.64. The second-order valence-corrected chi connectivity index (χ2v) is 4.11. The van der Waals surface area contributed by atoms with Gasteiger partial charge in [0, 0.05) is 16.4 Å². The molecule has 0 saturated heterocycles. The average Bonchev–Trinajstić information content (AvgIpc) is 1.81. The monoisotopic (exact) mass is 150 g/mol. The summed E-state index contributed by atoms with van der Waals surface area (Å²) in [6.45, 7) is 4.42. The normalized spacial score (nSPS) is 11.6. The second kappa shape index (κ2) is 7.35. The standard InChI is InChI=1S/C4H14O2Si2/c1-2-5-3-4-6-8-7/h2-4,8H2,1,7H3. The molecule has 0 aromatic heterocycles. The third-order valence-corrected chi connectivity index (χ3v) is 2.70. The van der Waals surface area contributed by atoms with Crippen molar-refractivity contribution in [3.05, 3.63) is 0 Å². The first-order valence-electron chi connectivity index (χ1n) is 3.07. The number of hydrogen-bond donors (Lipinski definition) is 0. The fraction of sp³-hybridized carbons (Fsp3) is 1.00. The lowest BCUT2D eigenvalue weighted by molar-refractivity contribution is 0.113. The van der Waals surface area contributed by atoms with Crippen LogP contribution in [0.5, 0.6) is 0 Å². The minimum absolute atomic E-state index is 0.0551. The molecule has 0 bridgehead atoms. The van der Waals surface area contributed by atoms with Crippen LogP contribution in [0.1, 0.15) is 6.92 Å². The van der Waals surface area contributed by atoms with E-state index in [9.17, 15) is 0 Å². The van der Waals surface area contributed by atoms with Crippen LogP contribution in [-0.4, -0.2) is 38.9 Å². The number of hydrogen-bond acceptors (Lipinski definition) is 2. The van der Waals surface area contributed by atoms with Gasteiger partial charge >= 0.3 is 0 Å². The van der Waals surface area contributed by atoms with Crippen molar-refractivity contribution < 1.29 is 9.16 Å². The lowest BCUT2D eigenvalue weighted by Gasteiger charge is -1.99. The molecule has 0 rings (SSSR count). The maximum atomic E-state index is 5.21. The summed E-state index contributed by atoms with van der Waals surface area (Å²) in [6.07, 6.45) is 0. The molecule has 0 aromatic carbocycles. The molecule has 0 heterocycles. The summed E-state index contributed by atoms with van der Waals surface area (Å²) >= 11 is 0.